The van der Waals surface area contributed by atoms with Crippen molar-refractivity contribution in [3.63, 3.8) is 0 Å². The lowest BCUT2D eigenvalue weighted by Crippen LogP contribution is -2.30. The Morgan fingerprint density at radius 1 is 1.44 bits per heavy atom. The minimum absolute atomic E-state index is 0.161. The third-order valence-electron chi connectivity index (χ3n) is 2.67. The minimum Gasteiger partial charge on any atom is -0.399 e. The van der Waals surface area contributed by atoms with Crippen LogP contribution in [0.4, 0.5) is 5.69 Å². The van der Waals surface area contributed by atoms with E-state index in [2.05, 4.69) is 5.32 Å². The highest BCUT2D eigenvalue weighted by molar-refractivity contribution is 8.00. The second-order valence-corrected chi connectivity index (χ2v) is 5.27. The number of nitrogen functional groups attached to an aromatic ring is 1. The molecule has 1 unspecified atom stereocenters. The molecule has 1 aromatic carbocycles. The molecule has 0 aliphatic carbocycles. The molecule has 1 aromatic rings. The molecular weight excluding hydrogens is 220 g/mol. The van der Waals surface area contributed by atoms with Gasteiger partial charge in [0.15, 0.2) is 0 Å². The molecule has 1 aliphatic heterocycles. The Kier molecular flexibility index (Phi) is 3.72. The van der Waals surface area contributed by atoms with Crippen LogP contribution in [-0.4, -0.2) is 16.9 Å². The van der Waals surface area contributed by atoms with Crippen molar-refractivity contribution in [2.75, 3.05) is 11.5 Å². The number of thioether (sulfide) groups is 1. The second-order valence-electron chi connectivity index (χ2n) is 3.96. The summed E-state index contributed by atoms with van der Waals surface area (Å²) >= 11 is 1.76. The summed E-state index contributed by atoms with van der Waals surface area (Å²) in [4.78, 5) is 11.7. The SMILES string of the molecule is Nc1ccc(CNC(=O)C2CCCS2)cc1. The maximum Gasteiger partial charge on any atom is 0.233 e. The van der Waals surface area contributed by atoms with Gasteiger partial charge >= 0.3 is 0 Å². The molecule has 1 saturated heterocycles. The lowest BCUT2D eigenvalue weighted by Gasteiger charge is -2.09. The summed E-state index contributed by atoms with van der Waals surface area (Å²) in [5, 5.41) is 3.12. The molecule has 4 heteroatoms. The molecule has 1 fully saturated rings. The van der Waals surface area contributed by atoms with Crippen LogP contribution in [0.25, 0.3) is 0 Å². The fourth-order valence-electron chi connectivity index (χ4n) is 1.72. The van der Waals surface area contributed by atoms with Crippen LogP contribution in [-0.2, 0) is 11.3 Å². The van der Waals surface area contributed by atoms with Crippen molar-refractivity contribution in [3.8, 4) is 0 Å². The van der Waals surface area contributed by atoms with E-state index in [4.69, 9.17) is 5.73 Å². The zero-order valence-corrected chi connectivity index (χ0v) is 9.93. The molecule has 1 heterocycles. The van der Waals surface area contributed by atoms with Gasteiger partial charge < -0.3 is 11.1 Å². The molecule has 3 N–H and O–H groups in total. The van der Waals surface area contributed by atoms with Crippen molar-refractivity contribution in [2.24, 2.45) is 0 Å². The van der Waals surface area contributed by atoms with Gasteiger partial charge in [-0.05, 0) is 36.3 Å². The van der Waals surface area contributed by atoms with E-state index in [0.717, 1.165) is 29.8 Å². The zero-order valence-electron chi connectivity index (χ0n) is 9.11. The van der Waals surface area contributed by atoms with Gasteiger partial charge in [-0.3, -0.25) is 4.79 Å². The fraction of sp³-hybridized carbons (Fsp3) is 0.417. The number of amides is 1. The third-order valence-corrected chi connectivity index (χ3v) is 4.05. The predicted molar refractivity (Wildman–Crippen MR) is 68.2 cm³/mol. The van der Waals surface area contributed by atoms with Gasteiger partial charge in [0.25, 0.3) is 0 Å². The van der Waals surface area contributed by atoms with Gasteiger partial charge in [0.2, 0.25) is 5.91 Å². The van der Waals surface area contributed by atoms with E-state index in [1.165, 1.54) is 0 Å². The Hall–Kier alpha value is -1.16. The number of nitrogens with two attached hydrogens (primary N) is 1. The van der Waals surface area contributed by atoms with Crippen LogP contribution in [0, 0.1) is 0 Å². The largest absolute Gasteiger partial charge is 0.399 e. The summed E-state index contributed by atoms with van der Waals surface area (Å²) in [5.41, 5.74) is 7.43. The van der Waals surface area contributed by atoms with Gasteiger partial charge in [-0.25, -0.2) is 0 Å². The summed E-state index contributed by atoms with van der Waals surface area (Å²) in [5.74, 6) is 1.28. The second kappa shape index (κ2) is 5.25. The summed E-state index contributed by atoms with van der Waals surface area (Å²) in [6.45, 7) is 0.593. The smallest absolute Gasteiger partial charge is 0.233 e. The van der Waals surface area contributed by atoms with E-state index in [1.807, 2.05) is 24.3 Å². The molecule has 1 atom stereocenters. The minimum atomic E-state index is 0.161. The number of carbonyl (C=O) groups excluding carboxylic acids is 1. The first-order valence-electron chi connectivity index (χ1n) is 5.49. The van der Waals surface area contributed by atoms with Crippen LogP contribution in [0.5, 0.6) is 0 Å². The lowest BCUT2D eigenvalue weighted by atomic mass is 10.2. The maximum atomic E-state index is 11.7. The number of carbonyl (C=O) groups is 1. The van der Waals surface area contributed by atoms with E-state index < -0.39 is 0 Å². The van der Waals surface area contributed by atoms with Crippen LogP contribution >= 0.6 is 11.8 Å². The first-order chi connectivity index (χ1) is 7.75. The standard InChI is InChI=1S/C12H16N2OS/c13-10-5-3-9(4-6-10)8-14-12(15)11-2-1-7-16-11/h3-6,11H,1-2,7-8,13H2,(H,14,15). The van der Waals surface area contributed by atoms with Crippen LogP contribution < -0.4 is 11.1 Å². The van der Waals surface area contributed by atoms with Gasteiger partial charge in [0.05, 0.1) is 5.25 Å². The number of hydrogen-bond donors (Lipinski definition) is 2. The Balaban J connectivity index is 1.82. The fourth-order valence-corrected chi connectivity index (χ4v) is 2.91. The zero-order chi connectivity index (χ0) is 11.4. The molecule has 1 amide bonds. The summed E-state index contributed by atoms with van der Waals surface area (Å²) in [6.07, 6.45) is 2.17. The Morgan fingerprint density at radius 3 is 2.81 bits per heavy atom. The molecule has 86 valence electrons. The molecule has 0 bridgehead atoms. The average molecular weight is 236 g/mol. The third kappa shape index (κ3) is 2.92. The molecule has 16 heavy (non-hydrogen) atoms. The van der Waals surface area contributed by atoms with Gasteiger partial charge in [-0.2, -0.15) is 0 Å². The Bertz CT molecular complexity index is 358. The normalized spacial score (nSPS) is 19.6. The Labute approximate surface area is 99.8 Å². The van der Waals surface area contributed by atoms with E-state index in [0.29, 0.717) is 6.54 Å². The van der Waals surface area contributed by atoms with Crippen molar-refractivity contribution in [2.45, 2.75) is 24.6 Å². The molecular formula is C12H16N2OS. The first kappa shape index (κ1) is 11.3. The van der Waals surface area contributed by atoms with Crippen molar-refractivity contribution in [1.29, 1.82) is 0 Å². The van der Waals surface area contributed by atoms with E-state index in [1.54, 1.807) is 11.8 Å². The maximum absolute atomic E-state index is 11.7. The monoisotopic (exact) mass is 236 g/mol. The Morgan fingerprint density at radius 2 is 2.19 bits per heavy atom. The summed E-state index contributed by atoms with van der Waals surface area (Å²) in [7, 11) is 0. The molecule has 2 rings (SSSR count). The topological polar surface area (TPSA) is 55.1 Å². The van der Waals surface area contributed by atoms with Crippen LogP contribution in [0.15, 0.2) is 24.3 Å². The van der Waals surface area contributed by atoms with Crippen molar-refractivity contribution in [1.82, 2.24) is 5.32 Å². The predicted octanol–water partition coefficient (Wildman–Crippen LogP) is 1.78. The molecule has 0 radical (unpaired) electrons. The van der Waals surface area contributed by atoms with Crippen LogP contribution in [0.3, 0.4) is 0 Å². The molecule has 1 aliphatic rings. The number of rotatable bonds is 3. The van der Waals surface area contributed by atoms with Crippen molar-refractivity contribution >= 4 is 23.4 Å². The van der Waals surface area contributed by atoms with Crippen molar-refractivity contribution < 1.29 is 4.79 Å². The molecule has 3 nitrogen and oxygen atoms in total. The highest BCUT2D eigenvalue weighted by atomic mass is 32.2. The van der Waals surface area contributed by atoms with Crippen molar-refractivity contribution in [3.05, 3.63) is 29.8 Å². The number of anilines is 1. The number of nitrogens with one attached hydrogen (secondary N) is 1. The van der Waals surface area contributed by atoms with Gasteiger partial charge in [-0.1, -0.05) is 12.1 Å². The highest BCUT2D eigenvalue weighted by Crippen LogP contribution is 2.26. The van der Waals surface area contributed by atoms with E-state index >= 15 is 0 Å². The highest BCUT2D eigenvalue weighted by Gasteiger charge is 2.22. The van der Waals surface area contributed by atoms with Gasteiger partial charge in [-0.15, -0.1) is 11.8 Å². The molecule has 0 aromatic heterocycles. The quantitative estimate of drug-likeness (QED) is 0.787. The van der Waals surface area contributed by atoms with Crippen LogP contribution in [0.2, 0.25) is 0 Å². The van der Waals surface area contributed by atoms with Gasteiger partial charge in [0, 0.05) is 12.2 Å². The van der Waals surface area contributed by atoms with E-state index in [-0.39, 0.29) is 11.2 Å². The average Bonchev–Trinajstić information content (AvgIpc) is 2.81. The lowest BCUT2D eigenvalue weighted by molar-refractivity contribution is -0.120. The molecule has 0 spiro atoms. The first-order valence-corrected chi connectivity index (χ1v) is 6.54. The summed E-state index contributed by atoms with van der Waals surface area (Å²) < 4.78 is 0. The number of hydrogen-bond acceptors (Lipinski definition) is 3. The summed E-state index contributed by atoms with van der Waals surface area (Å²) in [6, 6.07) is 7.59. The van der Waals surface area contributed by atoms with E-state index in [9.17, 15) is 4.79 Å². The number of benzene rings is 1. The van der Waals surface area contributed by atoms with Crippen LogP contribution in [0.1, 0.15) is 18.4 Å². The molecule has 0 saturated carbocycles. The van der Waals surface area contributed by atoms with Gasteiger partial charge in [0.1, 0.15) is 0 Å².